The van der Waals surface area contributed by atoms with Crippen LogP contribution in [0.2, 0.25) is 0 Å². The summed E-state index contributed by atoms with van der Waals surface area (Å²) in [5, 5.41) is 12.7. The molecule has 2 rings (SSSR count). The number of benzene rings is 1. The molecule has 1 aromatic carbocycles. The second-order valence-electron chi connectivity index (χ2n) is 5.90. The molecule has 106 valence electrons. The number of hydrogen-bond acceptors (Lipinski definition) is 3. The highest BCUT2D eigenvalue weighted by Gasteiger charge is 2.20. The average molecular weight is 262 g/mol. The van der Waals surface area contributed by atoms with Crippen LogP contribution in [0.5, 0.6) is 0 Å². The summed E-state index contributed by atoms with van der Waals surface area (Å²) in [5.41, 5.74) is 2.69. The second-order valence-corrected chi connectivity index (χ2v) is 5.90. The fourth-order valence-corrected chi connectivity index (χ4v) is 2.75. The largest absolute Gasteiger partial charge is 0.396 e. The fourth-order valence-electron chi connectivity index (χ4n) is 2.75. The van der Waals surface area contributed by atoms with Gasteiger partial charge in [-0.3, -0.25) is 4.90 Å². The molecule has 19 heavy (non-hydrogen) atoms. The first-order valence-corrected chi connectivity index (χ1v) is 7.29. The number of nitrogens with zero attached hydrogens (tertiary/aromatic N) is 1. The first-order chi connectivity index (χ1) is 9.17. The van der Waals surface area contributed by atoms with Gasteiger partial charge in [0, 0.05) is 32.3 Å². The highest BCUT2D eigenvalue weighted by atomic mass is 16.3. The van der Waals surface area contributed by atoms with Crippen molar-refractivity contribution < 1.29 is 5.11 Å². The van der Waals surface area contributed by atoms with Crippen molar-refractivity contribution in [2.75, 3.05) is 26.2 Å². The van der Waals surface area contributed by atoms with Crippen LogP contribution in [-0.2, 0) is 6.54 Å². The molecule has 1 aromatic rings. The summed E-state index contributed by atoms with van der Waals surface area (Å²) < 4.78 is 0. The minimum atomic E-state index is 0.268. The van der Waals surface area contributed by atoms with Crippen LogP contribution in [0.1, 0.15) is 24.5 Å². The Kier molecular flexibility index (Phi) is 5.37. The van der Waals surface area contributed by atoms with Gasteiger partial charge in [0.25, 0.3) is 0 Å². The van der Waals surface area contributed by atoms with Gasteiger partial charge in [-0.1, -0.05) is 36.8 Å². The molecule has 2 unspecified atom stereocenters. The third kappa shape index (κ3) is 4.60. The molecule has 0 aliphatic carbocycles. The quantitative estimate of drug-likeness (QED) is 0.868. The van der Waals surface area contributed by atoms with Crippen LogP contribution in [0, 0.1) is 12.8 Å². The maximum absolute atomic E-state index is 9.12. The van der Waals surface area contributed by atoms with E-state index in [0.29, 0.717) is 12.0 Å². The lowest BCUT2D eigenvalue weighted by Crippen LogP contribution is -2.38. The van der Waals surface area contributed by atoms with Crippen molar-refractivity contribution in [1.29, 1.82) is 0 Å². The summed E-state index contributed by atoms with van der Waals surface area (Å²) in [6, 6.07) is 9.22. The van der Waals surface area contributed by atoms with Gasteiger partial charge in [0.15, 0.2) is 0 Å². The van der Waals surface area contributed by atoms with E-state index in [4.69, 9.17) is 5.11 Å². The van der Waals surface area contributed by atoms with E-state index in [1.807, 2.05) is 0 Å². The van der Waals surface area contributed by atoms with E-state index in [9.17, 15) is 0 Å². The Labute approximate surface area is 116 Å². The number of hydrogen-bond donors (Lipinski definition) is 2. The van der Waals surface area contributed by atoms with E-state index >= 15 is 0 Å². The Bertz CT molecular complexity index is 377. The average Bonchev–Trinajstić information content (AvgIpc) is 2.55. The number of rotatable bonds is 4. The third-order valence-electron chi connectivity index (χ3n) is 3.81. The summed E-state index contributed by atoms with van der Waals surface area (Å²) in [6.07, 6.45) is 0.844. The number of aliphatic hydroxyl groups is 1. The topological polar surface area (TPSA) is 35.5 Å². The molecule has 1 heterocycles. The summed E-state index contributed by atoms with van der Waals surface area (Å²) in [6.45, 7) is 8.89. The van der Waals surface area contributed by atoms with Gasteiger partial charge in [-0.2, -0.15) is 0 Å². The van der Waals surface area contributed by atoms with E-state index in [1.54, 1.807) is 0 Å². The fraction of sp³-hybridized carbons (Fsp3) is 0.625. The van der Waals surface area contributed by atoms with E-state index in [0.717, 1.165) is 32.6 Å². The molecule has 1 saturated heterocycles. The molecule has 2 atom stereocenters. The predicted octanol–water partition coefficient (Wildman–Crippen LogP) is 1.79. The Morgan fingerprint density at radius 1 is 1.26 bits per heavy atom. The Hall–Kier alpha value is -0.900. The minimum absolute atomic E-state index is 0.268. The zero-order chi connectivity index (χ0) is 13.7. The SMILES string of the molecule is Cc1ccc(CN2CC(C)CNC(CCO)C2)cc1. The summed E-state index contributed by atoms with van der Waals surface area (Å²) in [5.74, 6) is 0.661. The molecular formula is C16H26N2O. The molecule has 0 saturated carbocycles. The Morgan fingerprint density at radius 2 is 2.00 bits per heavy atom. The standard InChI is InChI=1S/C16H26N2O/c1-13-3-5-15(6-4-13)11-18-10-14(2)9-17-16(12-18)7-8-19/h3-6,14,16-17,19H,7-12H2,1-2H3. The minimum Gasteiger partial charge on any atom is -0.396 e. The molecule has 3 nitrogen and oxygen atoms in total. The highest BCUT2D eigenvalue weighted by molar-refractivity contribution is 5.21. The van der Waals surface area contributed by atoms with E-state index in [-0.39, 0.29) is 6.61 Å². The predicted molar refractivity (Wildman–Crippen MR) is 79.1 cm³/mol. The van der Waals surface area contributed by atoms with Crippen LogP contribution >= 0.6 is 0 Å². The van der Waals surface area contributed by atoms with Crippen molar-refractivity contribution in [2.45, 2.75) is 32.9 Å². The van der Waals surface area contributed by atoms with Crippen LogP contribution in [-0.4, -0.2) is 42.3 Å². The van der Waals surface area contributed by atoms with Crippen molar-refractivity contribution in [3.05, 3.63) is 35.4 Å². The van der Waals surface area contributed by atoms with E-state index < -0.39 is 0 Å². The van der Waals surface area contributed by atoms with Crippen LogP contribution in [0.4, 0.5) is 0 Å². The molecule has 0 aromatic heterocycles. The van der Waals surface area contributed by atoms with Gasteiger partial charge in [-0.05, 0) is 31.4 Å². The molecular weight excluding hydrogens is 236 g/mol. The number of aliphatic hydroxyl groups excluding tert-OH is 1. The highest BCUT2D eigenvalue weighted by Crippen LogP contribution is 2.13. The van der Waals surface area contributed by atoms with Crippen LogP contribution in [0.25, 0.3) is 0 Å². The summed E-state index contributed by atoms with van der Waals surface area (Å²) in [4.78, 5) is 2.51. The summed E-state index contributed by atoms with van der Waals surface area (Å²) >= 11 is 0. The zero-order valence-corrected chi connectivity index (χ0v) is 12.1. The number of aryl methyl sites for hydroxylation is 1. The van der Waals surface area contributed by atoms with Gasteiger partial charge >= 0.3 is 0 Å². The molecule has 1 fully saturated rings. The Morgan fingerprint density at radius 3 is 2.68 bits per heavy atom. The van der Waals surface area contributed by atoms with Gasteiger partial charge < -0.3 is 10.4 Å². The lowest BCUT2D eigenvalue weighted by Gasteiger charge is -2.24. The van der Waals surface area contributed by atoms with Crippen LogP contribution in [0.15, 0.2) is 24.3 Å². The Balaban J connectivity index is 1.97. The first kappa shape index (κ1) is 14.5. The molecule has 3 heteroatoms. The smallest absolute Gasteiger partial charge is 0.0446 e. The lowest BCUT2D eigenvalue weighted by atomic mass is 10.1. The lowest BCUT2D eigenvalue weighted by molar-refractivity contribution is 0.215. The van der Waals surface area contributed by atoms with Gasteiger partial charge in [-0.25, -0.2) is 0 Å². The van der Waals surface area contributed by atoms with Crippen molar-refractivity contribution in [3.63, 3.8) is 0 Å². The van der Waals surface area contributed by atoms with Gasteiger partial charge in [0.2, 0.25) is 0 Å². The third-order valence-corrected chi connectivity index (χ3v) is 3.81. The normalized spacial score (nSPS) is 25.2. The van der Waals surface area contributed by atoms with E-state index in [1.165, 1.54) is 11.1 Å². The maximum atomic E-state index is 9.12. The second kappa shape index (κ2) is 7.04. The molecule has 2 N–H and O–H groups in total. The van der Waals surface area contributed by atoms with Gasteiger partial charge in [-0.15, -0.1) is 0 Å². The molecule has 0 amide bonds. The molecule has 0 bridgehead atoms. The van der Waals surface area contributed by atoms with Crippen molar-refractivity contribution in [1.82, 2.24) is 10.2 Å². The zero-order valence-electron chi connectivity index (χ0n) is 12.1. The number of nitrogens with one attached hydrogen (secondary N) is 1. The van der Waals surface area contributed by atoms with Crippen LogP contribution in [0.3, 0.4) is 0 Å². The van der Waals surface area contributed by atoms with Gasteiger partial charge in [0.05, 0.1) is 0 Å². The molecule has 0 spiro atoms. The van der Waals surface area contributed by atoms with Crippen molar-refractivity contribution in [3.8, 4) is 0 Å². The molecule has 0 radical (unpaired) electrons. The summed E-state index contributed by atoms with van der Waals surface area (Å²) in [7, 11) is 0. The van der Waals surface area contributed by atoms with E-state index in [2.05, 4.69) is 48.3 Å². The first-order valence-electron chi connectivity index (χ1n) is 7.29. The maximum Gasteiger partial charge on any atom is 0.0446 e. The monoisotopic (exact) mass is 262 g/mol. The molecule has 1 aliphatic heterocycles. The van der Waals surface area contributed by atoms with Crippen molar-refractivity contribution in [2.24, 2.45) is 5.92 Å². The van der Waals surface area contributed by atoms with Gasteiger partial charge in [0.1, 0.15) is 0 Å². The van der Waals surface area contributed by atoms with Crippen molar-refractivity contribution >= 4 is 0 Å². The molecule has 1 aliphatic rings. The van der Waals surface area contributed by atoms with Crippen LogP contribution < -0.4 is 5.32 Å².